The van der Waals surface area contributed by atoms with Crippen molar-refractivity contribution in [3.05, 3.63) is 83.2 Å². The maximum Gasteiger partial charge on any atom is 0.306 e. The van der Waals surface area contributed by atoms with Crippen LogP contribution < -0.4 is 9.47 Å². The SMILES string of the molecule is CCCC(C)(C)C(C)c1cc(COc2cccc(C[C@H](C)C(=O)O)c2)ccc1-c1cc(OC)ccc1F. The molecule has 1 unspecified atom stereocenters. The van der Waals surface area contributed by atoms with E-state index in [1.54, 1.807) is 26.2 Å². The Hall–Kier alpha value is -3.34. The largest absolute Gasteiger partial charge is 0.497 e. The van der Waals surface area contributed by atoms with Gasteiger partial charge in [0.25, 0.3) is 0 Å². The van der Waals surface area contributed by atoms with Crippen molar-refractivity contribution in [3.63, 3.8) is 0 Å². The van der Waals surface area contributed by atoms with Gasteiger partial charge in [0.1, 0.15) is 23.9 Å². The molecular weight excluding hydrogens is 467 g/mol. The molecule has 0 aliphatic carbocycles. The second-order valence-corrected chi connectivity index (χ2v) is 10.6. The van der Waals surface area contributed by atoms with Crippen LogP contribution in [0.4, 0.5) is 4.39 Å². The van der Waals surface area contributed by atoms with Gasteiger partial charge in [-0.15, -0.1) is 0 Å². The van der Waals surface area contributed by atoms with E-state index in [4.69, 9.17) is 9.47 Å². The third-order valence-electron chi connectivity index (χ3n) is 7.38. The fourth-order valence-electron chi connectivity index (χ4n) is 4.79. The van der Waals surface area contributed by atoms with Gasteiger partial charge in [0.15, 0.2) is 0 Å². The Labute approximate surface area is 220 Å². The van der Waals surface area contributed by atoms with Crippen molar-refractivity contribution in [1.82, 2.24) is 0 Å². The van der Waals surface area contributed by atoms with Crippen LogP contribution >= 0.6 is 0 Å². The van der Waals surface area contributed by atoms with Crippen molar-refractivity contribution in [2.24, 2.45) is 11.3 Å². The first-order valence-electron chi connectivity index (χ1n) is 13.0. The summed E-state index contributed by atoms with van der Waals surface area (Å²) >= 11 is 0. The highest BCUT2D eigenvalue weighted by Crippen LogP contribution is 2.44. The fourth-order valence-corrected chi connectivity index (χ4v) is 4.79. The van der Waals surface area contributed by atoms with Gasteiger partial charge in [0.2, 0.25) is 0 Å². The number of carboxylic acids is 1. The first-order valence-corrected chi connectivity index (χ1v) is 13.0. The molecular formula is C32H39FO4. The molecule has 3 rings (SSSR count). The van der Waals surface area contributed by atoms with Crippen molar-refractivity contribution in [3.8, 4) is 22.6 Å². The van der Waals surface area contributed by atoms with Gasteiger partial charge in [-0.05, 0) is 76.8 Å². The van der Waals surface area contributed by atoms with E-state index in [9.17, 15) is 9.90 Å². The van der Waals surface area contributed by atoms with Gasteiger partial charge in [0.05, 0.1) is 13.0 Å². The molecule has 2 atom stereocenters. The van der Waals surface area contributed by atoms with E-state index in [0.29, 0.717) is 30.1 Å². The molecule has 0 bridgehead atoms. The highest BCUT2D eigenvalue weighted by molar-refractivity contribution is 5.71. The molecule has 0 spiro atoms. The summed E-state index contributed by atoms with van der Waals surface area (Å²) in [4.78, 5) is 11.2. The molecule has 3 aromatic rings. The minimum Gasteiger partial charge on any atom is -0.497 e. The van der Waals surface area contributed by atoms with E-state index in [1.807, 2.05) is 36.4 Å². The zero-order valence-electron chi connectivity index (χ0n) is 22.8. The van der Waals surface area contributed by atoms with Crippen LogP contribution in [0, 0.1) is 17.2 Å². The van der Waals surface area contributed by atoms with Gasteiger partial charge in [-0.2, -0.15) is 0 Å². The van der Waals surface area contributed by atoms with E-state index in [0.717, 1.165) is 35.1 Å². The second kappa shape index (κ2) is 12.3. The average Bonchev–Trinajstić information content (AvgIpc) is 2.87. The van der Waals surface area contributed by atoms with Gasteiger partial charge in [-0.1, -0.05) is 71.4 Å². The number of carboxylic acid groups (broad SMARTS) is 1. The van der Waals surface area contributed by atoms with Gasteiger partial charge < -0.3 is 14.6 Å². The van der Waals surface area contributed by atoms with Crippen molar-refractivity contribution < 1.29 is 23.8 Å². The van der Waals surface area contributed by atoms with Crippen LogP contribution in [0.3, 0.4) is 0 Å². The van der Waals surface area contributed by atoms with Gasteiger partial charge in [-0.25, -0.2) is 4.39 Å². The summed E-state index contributed by atoms with van der Waals surface area (Å²) < 4.78 is 26.5. The Kier molecular flexibility index (Phi) is 9.36. The standard InChI is InChI=1S/C32H39FO4/c1-7-15-32(4,5)22(3)28-18-24(11-13-27(28)29-19-25(36-6)12-14-30(29)33)20-37-26-10-8-9-23(17-26)16-21(2)31(34)35/h8-14,17-19,21-22H,7,15-16,20H2,1-6H3,(H,34,35)/t21-,22?/m0/s1. The number of methoxy groups -OCH3 is 1. The second-order valence-electron chi connectivity index (χ2n) is 10.6. The number of ether oxygens (including phenoxy) is 2. The summed E-state index contributed by atoms with van der Waals surface area (Å²) in [6, 6.07) is 18.5. The van der Waals surface area contributed by atoms with E-state index in [1.165, 1.54) is 6.07 Å². The first-order chi connectivity index (χ1) is 17.6. The Morgan fingerprint density at radius 3 is 2.41 bits per heavy atom. The number of rotatable bonds is 12. The zero-order chi connectivity index (χ0) is 27.2. The van der Waals surface area contributed by atoms with Crippen molar-refractivity contribution in [2.75, 3.05) is 7.11 Å². The normalized spacial score (nSPS) is 13.2. The van der Waals surface area contributed by atoms with Crippen LogP contribution in [0.2, 0.25) is 0 Å². The van der Waals surface area contributed by atoms with E-state index < -0.39 is 11.9 Å². The summed E-state index contributed by atoms with van der Waals surface area (Å²) in [6.07, 6.45) is 2.57. The summed E-state index contributed by atoms with van der Waals surface area (Å²) in [5.74, 6) is -0.0686. The maximum absolute atomic E-state index is 15.0. The minimum absolute atomic E-state index is 0.0213. The van der Waals surface area contributed by atoms with E-state index in [2.05, 4.69) is 33.8 Å². The maximum atomic E-state index is 15.0. The molecule has 0 aromatic heterocycles. The Morgan fingerprint density at radius 1 is 0.973 bits per heavy atom. The lowest BCUT2D eigenvalue weighted by atomic mass is 9.71. The molecule has 37 heavy (non-hydrogen) atoms. The topological polar surface area (TPSA) is 55.8 Å². The van der Waals surface area contributed by atoms with Crippen LogP contribution in [-0.2, 0) is 17.8 Å². The molecule has 0 heterocycles. The van der Waals surface area contributed by atoms with Gasteiger partial charge >= 0.3 is 5.97 Å². The van der Waals surface area contributed by atoms with Crippen LogP contribution in [0.15, 0.2) is 60.7 Å². The summed E-state index contributed by atoms with van der Waals surface area (Å²) in [7, 11) is 1.59. The molecule has 1 N–H and O–H groups in total. The highest BCUT2D eigenvalue weighted by Gasteiger charge is 2.29. The summed E-state index contributed by atoms with van der Waals surface area (Å²) in [6.45, 7) is 11.0. The number of halogens is 1. The lowest BCUT2D eigenvalue weighted by Gasteiger charge is -2.34. The van der Waals surface area contributed by atoms with Crippen LogP contribution in [0.1, 0.15) is 70.1 Å². The number of hydrogen-bond acceptors (Lipinski definition) is 3. The van der Waals surface area contributed by atoms with E-state index in [-0.39, 0.29) is 17.2 Å². The molecule has 198 valence electrons. The monoisotopic (exact) mass is 506 g/mol. The van der Waals surface area contributed by atoms with Gasteiger partial charge in [-0.3, -0.25) is 4.79 Å². The third-order valence-corrected chi connectivity index (χ3v) is 7.38. The molecule has 0 saturated heterocycles. The van der Waals surface area contributed by atoms with Crippen molar-refractivity contribution >= 4 is 5.97 Å². The average molecular weight is 507 g/mol. The Morgan fingerprint density at radius 2 is 1.73 bits per heavy atom. The number of aliphatic carboxylic acids is 1. The summed E-state index contributed by atoms with van der Waals surface area (Å²) in [5, 5.41) is 9.22. The lowest BCUT2D eigenvalue weighted by Crippen LogP contribution is -2.20. The lowest BCUT2D eigenvalue weighted by molar-refractivity contribution is -0.141. The van der Waals surface area contributed by atoms with Crippen molar-refractivity contribution in [2.45, 2.75) is 66.4 Å². The van der Waals surface area contributed by atoms with Crippen LogP contribution in [0.25, 0.3) is 11.1 Å². The molecule has 4 nitrogen and oxygen atoms in total. The number of carbonyl (C=O) groups is 1. The zero-order valence-corrected chi connectivity index (χ0v) is 22.8. The molecule has 5 heteroatoms. The predicted octanol–water partition coefficient (Wildman–Crippen LogP) is 8.27. The molecule has 0 radical (unpaired) electrons. The number of hydrogen-bond donors (Lipinski definition) is 1. The molecule has 0 aliphatic rings. The molecule has 0 fully saturated rings. The molecule has 0 saturated carbocycles. The van der Waals surface area contributed by atoms with Crippen molar-refractivity contribution in [1.29, 1.82) is 0 Å². The third kappa shape index (κ3) is 7.12. The fraction of sp³-hybridized carbons (Fsp3) is 0.406. The first kappa shape index (κ1) is 28.2. The molecule has 0 aliphatic heterocycles. The summed E-state index contributed by atoms with van der Waals surface area (Å²) in [5.41, 5.74) is 4.41. The Balaban J connectivity index is 1.94. The van der Waals surface area contributed by atoms with Crippen LogP contribution in [0.5, 0.6) is 11.5 Å². The quantitative estimate of drug-likeness (QED) is 0.269. The predicted molar refractivity (Wildman–Crippen MR) is 147 cm³/mol. The van der Waals surface area contributed by atoms with Crippen LogP contribution in [-0.4, -0.2) is 18.2 Å². The van der Waals surface area contributed by atoms with E-state index >= 15 is 4.39 Å². The number of benzene rings is 3. The molecule has 0 amide bonds. The highest BCUT2D eigenvalue weighted by atomic mass is 19.1. The Bertz CT molecular complexity index is 1220. The van der Waals surface area contributed by atoms with Gasteiger partial charge in [0, 0.05) is 5.56 Å². The smallest absolute Gasteiger partial charge is 0.306 e. The molecule has 3 aromatic carbocycles. The minimum atomic E-state index is -0.813.